The normalized spacial score (nSPS) is 19.2. The number of fused-ring (bicyclic) bond motifs is 3. The minimum absolute atomic E-state index is 0.0186. The van der Waals surface area contributed by atoms with Crippen molar-refractivity contribution >= 4 is 35.1 Å². The number of rotatable bonds is 4. The molecule has 0 spiro atoms. The fourth-order valence-electron chi connectivity index (χ4n) is 7.15. The Morgan fingerprint density at radius 3 is 1.71 bits per heavy atom. The molecule has 45 heavy (non-hydrogen) atoms. The number of carbonyl (C=O) groups is 5. The summed E-state index contributed by atoms with van der Waals surface area (Å²) >= 11 is 0. The van der Waals surface area contributed by atoms with Gasteiger partial charge in [-0.3, -0.25) is 28.9 Å². The Hall–Kier alpha value is -5.17. The summed E-state index contributed by atoms with van der Waals surface area (Å²) < 4.78 is 0. The molecule has 0 saturated heterocycles. The summed E-state index contributed by atoms with van der Waals surface area (Å²) in [4.78, 5) is 67.1. The van der Waals surface area contributed by atoms with Crippen LogP contribution in [-0.2, 0) is 10.8 Å². The van der Waals surface area contributed by atoms with Crippen molar-refractivity contribution in [2.75, 3.05) is 11.9 Å². The standard InChI is InChI=1S/C36H28N2O5.C2H6/c1-35(2)19-36(3,29-8-6-5-7-28(29)35)22-11-13-23(14-12-22)38-33(42)25-16-10-21(18-27(25)34(38)43)30(39)20-9-15-24-26(17-20)32(41)37(4)31(24)40;1-2/h5-18H,19H2,1-4H3;1-2H3. The van der Waals surface area contributed by atoms with E-state index >= 15 is 0 Å². The van der Waals surface area contributed by atoms with Gasteiger partial charge >= 0.3 is 0 Å². The number of benzene rings is 4. The first-order chi connectivity index (χ1) is 21.4. The highest BCUT2D eigenvalue weighted by atomic mass is 16.2. The third-order valence-corrected chi connectivity index (χ3v) is 9.31. The molecule has 2 heterocycles. The molecule has 4 aromatic rings. The molecule has 2 aliphatic heterocycles. The maximum Gasteiger partial charge on any atom is 0.266 e. The van der Waals surface area contributed by atoms with Gasteiger partial charge in [0.15, 0.2) is 5.78 Å². The Morgan fingerprint density at radius 2 is 1.11 bits per heavy atom. The predicted molar refractivity (Wildman–Crippen MR) is 172 cm³/mol. The maximum atomic E-state index is 13.5. The van der Waals surface area contributed by atoms with Gasteiger partial charge in [0.25, 0.3) is 23.6 Å². The quantitative estimate of drug-likeness (QED) is 0.187. The molecule has 7 rings (SSSR count). The molecule has 0 aromatic heterocycles. The molecule has 4 aromatic carbocycles. The van der Waals surface area contributed by atoms with Crippen LogP contribution in [0.2, 0.25) is 0 Å². The molecule has 0 radical (unpaired) electrons. The topological polar surface area (TPSA) is 91.8 Å². The van der Waals surface area contributed by atoms with Crippen LogP contribution < -0.4 is 4.90 Å². The average molecular weight is 599 g/mol. The molecule has 1 aliphatic carbocycles. The van der Waals surface area contributed by atoms with Crippen molar-refractivity contribution in [2.24, 2.45) is 0 Å². The molecular formula is C38H34N2O5. The number of hydrogen-bond donors (Lipinski definition) is 0. The van der Waals surface area contributed by atoms with E-state index in [-0.39, 0.29) is 44.2 Å². The minimum atomic E-state index is -0.502. The number of imide groups is 2. The summed E-state index contributed by atoms with van der Waals surface area (Å²) in [6, 6.07) is 24.9. The number of nitrogens with zero attached hydrogens (tertiary/aromatic N) is 2. The summed E-state index contributed by atoms with van der Waals surface area (Å²) in [6.07, 6.45) is 0.938. The van der Waals surface area contributed by atoms with Crippen molar-refractivity contribution in [2.45, 2.75) is 51.9 Å². The van der Waals surface area contributed by atoms with E-state index in [0.717, 1.165) is 21.8 Å². The van der Waals surface area contributed by atoms with Crippen LogP contribution >= 0.6 is 0 Å². The van der Waals surface area contributed by atoms with Crippen LogP contribution in [0.25, 0.3) is 0 Å². The summed E-state index contributed by atoms with van der Waals surface area (Å²) in [7, 11) is 1.39. The predicted octanol–water partition coefficient (Wildman–Crippen LogP) is 6.96. The van der Waals surface area contributed by atoms with E-state index < -0.39 is 29.4 Å². The summed E-state index contributed by atoms with van der Waals surface area (Å²) in [5.74, 6) is -2.26. The summed E-state index contributed by atoms with van der Waals surface area (Å²) in [6.45, 7) is 10.8. The first-order valence-corrected chi connectivity index (χ1v) is 15.2. The summed E-state index contributed by atoms with van der Waals surface area (Å²) in [5, 5.41) is 0. The molecular weight excluding hydrogens is 564 g/mol. The number of amides is 4. The van der Waals surface area contributed by atoms with Crippen molar-refractivity contribution in [3.05, 3.63) is 135 Å². The van der Waals surface area contributed by atoms with Crippen LogP contribution in [0.1, 0.15) is 115 Å². The largest absolute Gasteiger partial charge is 0.289 e. The zero-order valence-corrected chi connectivity index (χ0v) is 26.2. The summed E-state index contributed by atoms with van der Waals surface area (Å²) in [5.41, 5.74) is 5.20. The molecule has 226 valence electrons. The first kappa shape index (κ1) is 29.9. The molecule has 0 bridgehead atoms. The van der Waals surface area contributed by atoms with Gasteiger partial charge in [-0.1, -0.05) is 83.1 Å². The Bertz CT molecular complexity index is 1960. The molecule has 3 aliphatic rings. The van der Waals surface area contributed by atoms with Gasteiger partial charge in [-0.15, -0.1) is 0 Å². The first-order valence-electron chi connectivity index (χ1n) is 15.2. The minimum Gasteiger partial charge on any atom is -0.289 e. The van der Waals surface area contributed by atoms with E-state index in [1.54, 1.807) is 0 Å². The molecule has 0 saturated carbocycles. The van der Waals surface area contributed by atoms with Crippen molar-refractivity contribution in [1.82, 2.24) is 4.90 Å². The smallest absolute Gasteiger partial charge is 0.266 e. The number of carbonyl (C=O) groups excluding carboxylic acids is 5. The van der Waals surface area contributed by atoms with Crippen molar-refractivity contribution < 1.29 is 24.0 Å². The van der Waals surface area contributed by atoms with Gasteiger partial charge < -0.3 is 0 Å². The van der Waals surface area contributed by atoms with Crippen LogP contribution in [-0.4, -0.2) is 41.4 Å². The second-order valence-electron chi connectivity index (χ2n) is 12.5. The van der Waals surface area contributed by atoms with Crippen LogP contribution in [0.5, 0.6) is 0 Å². The second-order valence-corrected chi connectivity index (χ2v) is 12.5. The van der Waals surface area contributed by atoms with E-state index in [4.69, 9.17) is 0 Å². The number of ketones is 1. The average Bonchev–Trinajstić information content (AvgIpc) is 3.54. The van der Waals surface area contributed by atoms with E-state index in [1.165, 1.54) is 54.6 Å². The van der Waals surface area contributed by atoms with Gasteiger partial charge in [-0.2, -0.15) is 0 Å². The van der Waals surface area contributed by atoms with Crippen molar-refractivity contribution in [3.63, 3.8) is 0 Å². The fourth-order valence-corrected chi connectivity index (χ4v) is 7.15. The maximum absolute atomic E-state index is 13.5. The van der Waals surface area contributed by atoms with Crippen LogP contribution in [0.15, 0.2) is 84.9 Å². The third-order valence-electron chi connectivity index (χ3n) is 9.31. The monoisotopic (exact) mass is 598 g/mol. The molecule has 1 unspecified atom stereocenters. The van der Waals surface area contributed by atoms with Gasteiger partial charge in [0.05, 0.1) is 27.9 Å². The van der Waals surface area contributed by atoms with E-state index in [2.05, 4.69) is 45.0 Å². The molecule has 7 nitrogen and oxygen atoms in total. The highest BCUT2D eigenvalue weighted by Gasteiger charge is 2.45. The van der Waals surface area contributed by atoms with Gasteiger partial charge in [0, 0.05) is 23.6 Å². The molecule has 4 amide bonds. The van der Waals surface area contributed by atoms with E-state index in [0.29, 0.717) is 5.69 Å². The van der Waals surface area contributed by atoms with Gasteiger partial charge in [0.2, 0.25) is 0 Å². The zero-order chi connectivity index (χ0) is 32.4. The van der Waals surface area contributed by atoms with Gasteiger partial charge in [0.1, 0.15) is 0 Å². The lowest BCUT2D eigenvalue weighted by molar-refractivity contribution is 0.0692. The Kier molecular flexibility index (Phi) is 6.96. The molecule has 0 fully saturated rings. The molecule has 1 atom stereocenters. The van der Waals surface area contributed by atoms with Crippen molar-refractivity contribution in [3.8, 4) is 0 Å². The SMILES string of the molecule is CC.CN1C(=O)c2ccc(C(=O)c3ccc4c(c3)C(=O)N(c3ccc(C5(C)CC(C)(C)c6ccccc65)cc3)C4=O)cc2C1=O. The molecule has 0 N–H and O–H groups in total. The fraction of sp³-hybridized carbons (Fsp3) is 0.237. The molecule has 7 heteroatoms. The van der Waals surface area contributed by atoms with Gasteiger partial charge in [-0.05, 0) is 64.9 Å². The number of anilines is 1. The highest BCUT2D eigenvalue weighted by Crippen LogP contribution is 2.52. The third kappa shape index (κ3) is 4.37. The van der Waals surface area contributed by atoms with Crippen LogP contribution in [0.3, 0.4) is 0 Å². The lowest BCUT2D eigenvalue weighted by Crippen LogP contribution is -2.29. The number of hydrogen-bond acceptors (Lipinski definition) is 5. The lowest BCUT2D eigenvalue weighted by atomic mass is 9.75. The van der Waals surface area contributed by atoms with Gasteiger partial charge in [-0.25, -0.2) is 4.90 Å². The zero-order valence-electron chi connectivity index (χ0n) is 26.2. The Balaban J connectivity index is 0.00000175. The van der Waals surface area contributed by atoms with Crippen molar-refractivity contribution in [1.29, 1.82) is 0 Å². The van der Waals surface area contributed by atoms with Crippen LogP contribution in [0, 0.1) is 0 Å². The van der Waals surface area contributed by atoms with E-state index in [9.17, 15) is 24.0 Å². The Morgan fingerprint density at radius 1 is 0.622 bits per heavy atom. The van der Waals surface area contributed by atoms with Crippen LogP contribution in [0.4, 0.5) is 5.69 Å². The highest BCUT2D eigenvalue weighted by molar-refractivity contribution is 6.35. The van der Waals surface area contributed by atoms with E-state index in [1.807, 2.05) is 38.1 Å². The second kappa shape index (κ2) is 10.5. The lowest BCUT2D eigenvalue weighted by Gasteiger charge is -2.29. The Labute approximate surface area is 262 Å².